The molecule has 134 valence electrons. The standard InChI is InChI=1S/C19H20F3NO2/c1-12(2)16-9-4-5-10-17(16)25-13(3)18(24)23-15-8-6-7-14(11-15)19(20,21)22/h4-13H,1-3H3,(H,23,24). The predicted molar refractivity (Wildman–Crippen MR) is 90.7 cm³/mol. The van der Waals surface area contributed by atoms with Gasteiger partial charge in [0.2, 0.25) is 0 Å². The van der Waals surface area contributed by atoms with Crippen molar-refractivity contribution >= 4 is 11.6 Å². The van der Waals surface area contributed by atoms with Crippen LogP contribution in [0, 0.1) is 0 Å². The van der Waals surface area contributed by atoms with Gasteiger partial charge in [-0.1, -0.05) is 38.1 Å². The zero-order valence-corrected chi connectivity index (χ0v) is 14.2. The Balaban J connectivity index is 2.09. The molecule has 1 amide bonds. The van der Waals surface area contributed by atoms with Crippen LogP contribution in [0.5, 0.6) is 5.75 Å². The number of para-hydroxylation sites is 1. The number of halogens is 3. The van der Waals surface area contributed by atoms with Gasteiger partial charge in [-0.05, 0) is 42.7 Å². The number of benzene rings is 2. The minimum atomic E-state index is -4.46. The van der Waals surface area contributed by atoms with Crippen LogP contribution in [0.2, 0.25) is 0 Å². The second-order valence-corrected chi connectivity index (χ2v) is 6.02. The number of amides is 1. The van der Waals surface area contributed by atoms with Crippen LogP contribution in [0.1, 0.15) is 37.8 Å². The van der Waals surface area contributed by atoms with Gasteiger partial charge in [0.05, 0.1) is 5.56 Å². The fourth-order valence-electron chi connectivity index (χ4n) is 2.33. The minimum Gasteiger partial charge on any atom is -0.481 e. The van der Waals surface area contributed by atoms with Crippen molar-refractivity contribution < 1.29 is 22.7 Å². The molecule has 0 radical (unpaired) electrons. The Morgan fingerprint density at radius 3 is 2.36 bits per heavy atom. The lowest BCUT2D eigenvalue weighted by atomic mass is 10.0. The fourth-order valence-corrected chi connectivity index (χ4v) is 2.33. The maximum absolute atomic E-state index is 12.7. The predicted octanol–water partition coefficient (Wildman–Crippen LogP) is 5.23. The van der Waals surface area contributed by atoms with E-state index in [1.807, 2.05) is 26.0 Å². The Labute approximate surface area is 144 Å². The van der Waals surface area contributed by atoms with Gasteiger partial charge in [0, 0.05) is 5.69 Å². The van der Waals surface area contributed by atoms with Crippen LogP contribution < -0.4 is 10.1 Å². The van der Waals surface area contributed by atoms with E-state index in [-0.39, 0.29) is 11.6 Å². The maximum atomic E-state index is 12.7. The Hall–Kier alpha value is -2.50. The lowest BCUT2D eigenvalue weighted by molar-refractivity contribution is -0.137. The largest absolute Gasteiger partial charge is 0.481 e. The van der Waals surface area contributed by atoms with Gasteiger partial charge in [0.15, 0.2) is 6.10 Å². The van der Waals surface area contributed by atoms with Gasteiger partial charge in [-0.15, -0.1) is 0 Å². The van der Waals surface area contributed by atoms with Gasteiger partial charge < -0.3 is 10.1 Å². The second kappa shape index (κ2) is 7.59. The van der Waals surface area contributed by atoms with Crippen LogP contribution in [-0.4, -0.2) is 12.0 Å². The number of carbonyl (C=O) groups excluding carboxylic acids is 1. The molecule has 0 aromatic heterocycles. The minimum absolute atomic E-state index is 0.0763. The molecule has 2 aromatic rings. The summed E-state index contributed by atoms with van der Waals surface area (Å²) in [5.74, 6) is 0.289. The van der Waals surface area contributed by atoms with Crippen molar-refractivity contribution in [2.75, 3.05) is 5.32 Å². The number of hydrogen-bond acceptors (Lipinski definition) is 2. The van der Waals surface area contributed by atoms with Crippen LogP contribution >= 0.6 is 0 Å². The van der Waals surface area contributed by atoms with E-state index in [2.05, 4.69) is 5.32 Å². The molecule has 0 fully saturated rings. The summed E-state index contributed by atoms with van der Waals surface area (Å²) in [5.41, 5.74) is 0.220. The molecule has 0 spiro atoms. The van der Waals surface area contributed by atoms with Gasteiger partial charge in [-0.2, -0.15) is 13.2 Å². The Morgan fingerprint density at radius 1 is 1.04 bits per heavy atom. The first kappa shape index (κ1) is 18.8. The van der Waals surface area contributed by atoms with E-state index in [1.54, 1.807) is 19.1 Å². The smallest absolute Gasteiger partial charge is 0.416 e. The van der Waals surface area contributed by atoms with Crippen LogP contribution in [0.25, 0.3) is 0 Å². The number of ether oxygens (including phenoxy) is 1. The van der Waals surface area contributed by atoms with E-state index in [4.69, 9.17) is 4.74 Å². The molecule has 2 aromatic carbocycles. The van der Waals surface area contributed by atoms with Gasteiger partial charge in [0.1, 0.15) is 5.75 Å². The zero-order chi connectivity index (χ0) is 18.6. The van der Waals surface area contributed by atoms with E-state index in [0.717, 1.165) is 17.7 Å². The van der Waals surface area contributed by atoms with Crippen molar-refractivity contribution in [1.82, 2.24) is 0 Å². The van der Waals surface area contributed by atoms with Crippen molar-refractivity contribution in [3.05, 3.63) is 59.7 Å². The van der Waals surface area contributed by atoms with Crippen molar-refractivity contribution in [1.29, 1.82) is 0 Å². The highest BCUT2D eigenvalue weighted by Crippen LogP contribution is 2.31. The quantitative estimate of drug-likeness (QED) is 0.800. The Morgan fingerprint density at radius 2 is 1.72 bits per heavy atom. The fraction of sp³-hybridized carbons (Fsp3) is 0.316. The normalized spacial score (nSPS) is 12.8. The van der Waals surface area contributed by atoms with E-state index < -0.39 is 23.8 Å². The third kappa shape index (κ3) is 4.98. The topological polar surface area (TPSA) is 38.3 Å². The van der Waals surface area contributed by atoms with Crippen molar-refractivity contribution in [2.45, 2.75) is 39.0 Å². The van der Waals surface area contributed by atoms with Crippen molar-refractivity contribution in [2.24, 2.45) is 0 Å². The summed E-state index contributed by atoms with van der Waals surface area (Å²) in [4.78, 5) is 12.2. The third-order valence-corrected chi connectivity index (χ3v) is 3.67. The van der Waals surface area contributed by atoms with Gasteiger partial charge in [-0.25, -0.2) is 0 Å². The highest BCUT2D eigenvalue weighted by atomic mass is 19.4. The molecule has 0 saturated carbocycles. The van der Waals surface area contributed by atoms with Crippen LogP contribution in [0.4, 0.5) is 18.9 Å². The molecule has 0 bridgehead atoms. The molecule has 1 atom stereocenters. The second-order valence-electron chi connectivity index (χ2n) is 6.02. The summed E-state index contributed by atoms with van der Waals surface area (Å²) in [5, 5.41) is 2.46. The number of nitrogens with one attached hydrogen (secondary N) is 1. The molecule has 0 heterocycles. The summed E-state index contributed by atoms with van der Waals surface area (Å²) in [6.45, 7) is 5.57. The third-order valence-electron chi connectivity index (χ3n) is 3.67. The molecule has 2 rings (SSSR count). The lowest BCUT2D eigenvalue weighted by Crippen LogP contribution is -2.30. The molecule has 1 N–H and O–H groups in total. The van der Waals surface area contributed by atoms with E-state index >= 15 is 0 Å². The molecule has 6 heteroatoms. The Bertz CT molecular complexity index is 741. The molecular weight excluding hydrogens is 331 g/mol. The molecule has 3 nitrogen and oxygen atoms in total. The molecule has 0 aliphatic heterocycles. The first-order valence-electron chi connectivity index (χ1n) is 7.92. The summed E-state index contributed by atoms with van der Waals surface area (Å²) in [7, 11) is 0. The lowest BCUT2D eigenvalue weighted by Gasteiger charge is -2.19. The van der Waals surface area contributed by atoms with Crippen molar-refractivity contribution in [3.8, 4) is 5.75 Å². The van der Waals surface area contributed by atoms with Gasteiger partial charge >= 0.3 is 6.18 Å². The molecule has 0 aliphatic rings. The average molecular weight is 351 g/mol. The van der Waals surface area contributed by atoms with E-state index in [0.29, 0.717) is 5.75 Å². The zero-order valence-electron chi connectivity index (χ0n) is 14.2. The Kier molecular flexibility index (Phi) is 5.72. The number of carbonyl (C=O) groups is 1. The summed E-state index contributed by atoms with van der Waals surface area (Å²) >= 11 is 0. The maximum Gasteiger partial charge on any atom is 0.416 e. The van der Waals surface area contributed by atoms with Gasteiger partial charge in [-0.3, -0.25) is 4.79 Å². The van der Waals surface area contributed by atoms with Crippen LogP contribution in [-0.2, 0) is 11.0 Å². The first-order valence-corrected chi connectivity index (χ1v) is 7.92. The SMILES string of the molecule is CC(Oc1ccccc1C(C)C)C(=O)Nc1cccc(C(F)(F)F)c1. The van der Waals surface area contributed by atoms with E-state index in [1.165, 1.54) is 12.1 Å². The van der Waals surface area contributed by atoms with Crippen molar-refractivity contribution in [3.63, 3.8) is 0 Å². The highest BCUT2D eigenvalue weighted by molar-refractivity contribution is 5.94. The monoisotopic (exact) mass is 351 g/mol. The molecule has 0 saturated heterocycles. The number of anilines is 1. The van der Waals surface area contributed by atoms with Crippen LogP contribution in [0.3, 0.4) is 0 Å². The number of alkyl halides is 3. The highest BCUT2D eigenvalue weighted by Gasteiger charge is 2.30. The summed E-state index contributed by atoms with van der Waals surface area (Å²) in [6, 6.07) is 11.9. The molecule has 0 aliphatic carbocycles. The molecular formula is C19H20F3NO2. The van der Waals surface area contributed by atoms with E-state index in [9.17, 15) is 18.0 Å². The summed E-state index contributed by atoms with van der Waals surface area (Å²) in [6.07, 6.45) is -5.31. The van der Waals surface area contributed by atoms with Gasteiger partial charge in [0.25, 0.3) is 5.91 Å². The first-order chi connectivity index (χ1) is 11.7. The number of hydrogen-bond donors (Lipinski definition) is 1. The van der Waals surface area contributed by atoms with Crippen LogP contribution in [0.15, 0.2) is 48.5 Å². The molecule has 25 heavy (non-hydrogen) atoms. The summed E-state index contributed by atoms with van der Waals surface area (Å²) < 4.78 is 43.9. The molecule has 1 unspecified atom stereocenters. The number of rotatable bonds is 5. The average Bonchev–Trinajstić information content (AvgIpc) is 2.54.